The molecule has 1 aliphatic carbocycles. The Kier molecular flexibility index (Phi) is 7.40. The van der Waals surface area contributed by atoms with Crippen LogP contribution in [0.5, 0.6) is 0 Å². The molecule has 182 valence electrons. The van der Waals surface area contributed by atoms with E-state index in [4.69, 9.17) is 4.74 Å². The van der Waals surface area contributed by atoms with Gasteiger partial charge in [0.1, 0.15) is 12.6 Å². The molecule has 3 aromatic rings. The van der Waals surface area contributed by atoms with Crippen LogP contribution in [0.3, 0.4) is 0 Å². The van der Waals surface area contributed by atoms with E-state index in [0.29, 0.717) is 12.2 Å². The van der Waals surface area contributed by atoms with Crippen molar-refractivity contribution in [3.63, 3.8) is 0 Å². The first kappa shape index (κ1) is 24.3. The minimum atomic E-state index is -1.22. The van der Waals surface area contributed by atoms with Gasteiger partial charge in [0.15, 0.2) is 5.69 Å². The van der Waals surface area contributed by atoms with Gasteiger partial charge in [0, 0.05) is 13.0 Å². The van der Waals surface area contributed by atoms with E-state index >= 15 is 0 Å². The topological polar surface area (TPSA) is 123 Å². The summed E-state index contributed by atoms with van der Waals surface area (Å²) in [5.74, 6) is -1.24. The number of fused-ring (bicyclic) bond motifs is 3. The van der Waals surface area contributed by atoms with Crippen molar-refractivity contribution in [1.82, 2.24) is 15.1 Å². The number of carbonyl (C=O) groups is 3. The number of thioether (sulfide) groups is 1. The first-order valence-electron chi connectivity index (χ1n) is 11.1. The largest absolute Gasteiger partial charge is 0.476 e. The molecule has 0 radical (unpaired) electrons. The predicted octanol–water partition coefficient (Wildman–Crippen LogP) is 3.72. The zero-order valence-corrected chi connectivity index (χ0v) is 20.2. The predicted molar refractivity (Wildman–Crippen MR) is 134 cm³/mol. The minimum absolute atomic E-state index is 0.0634. The molecule has 1 aliphatic rings. The highest BCUT2D eigenvalue weighted by molar-refractivity contribution is 7.98. The lowest BCUT2D eigenvalue weighted by atomic mass is 9.98. The SMILES string of the molecule is CSCC[C@H](NC(=O)OCC1c2ccccc2-c2ccccc21)C(=O)Nc1cnn(C)c1C(=O)O. The van der Waals surface area contributed by atoms with Crippen LogP contribution in [0, 0.1) is 0 Å². The van der Waals surface area contributed by atoms with Crippen LogP contribution in [-0.2, 0) is 16.6 Å². The lowest BCUT2D eigenvalue weighted by Gasteiger charge is -2.19. The summed E-state index contributed by atoms with van der Waals surface area (Å²) in [6.07, 6.45) is 2.80. The molecule has 3 N–H and O–H groups in total. The maximum atomic E-state index is 12.9. The maximum absolute atomic E-state index is 12.9. The molecule has 1 heterocycles. The van der Waals surface area contributed by atoms with Crippen LogP contribution in [-0.4, -0.2) is 57.5 Å². The summed E-state index contributed by atoms with van der Waals surface area (Å²) in [5.41, 5.74) is 4.35. The third kappa shape index (κ3) is 5.17. The molecule has 0 aliphatic heterocycles. The number of anilines is 1. The zero-order chi connectivity index (χ0) is 24.9. The highest BCUT2D eigenvalue weighted by Gasteiger charge is 2.30. The Labute approximate surface area is 206 Å². The molecule has 0 saturated heterocycles. The molecular formula is C25H26N4O5S. The molecule has 0 saturated carbocycles. The number of hydrogen-bond donors (Lipinski definition) is 3. The molecule has 9 nitrogen and oxygen atoms in total. The van der Waals surface area contributed by atoms with Gasteiger partial charge in [-0.05, 0) is 40.7 Å². The number of carboxylic acid groups (broad SMARTS) is 1. The van der Waals surface area contributed by atoms with Crippen molar-refractivity contribution in [2.45, 2.75) is 18.4 Å². The van der Waals surface area contributed by atoms with Crippen molar-refractivity contribution < 1.29 is 24.2 Å². The number of ether oxygens (including phenoxy) is 1. The van der Waals surface area contributed by atoms with Crippen LogP contribution in [0.15, 0.2) is 54.7 Å². The number of rotatable bonds is 9. The summed E-state index contributed by atoms with van der Waals surface area (Å²) in [6.45, 7) is 0.127. The molecule has 10 heteroatoms. The number of hydrogen-bond acceptors (Lipinski definition) is 6. The van der Waals surface area contributed by atoms with Crippen molar-refractivity contribution in [3.05, 3.63) is 71.5 Å². The number of aromatic carboxylic acids is 1. The molecule has 0 fully saturated rings. The number of nitrogens with zero attached hydrogens (tertiary/aromatic N) is 2. The first-order chi connectivity index (χ1) is 16.9. The number of aryl methyl sites for hydroxylation is 1. The van der Waals surface area contributed by atoms with Gasteiger partial charge in [-0.2, -0.15) is 16.9 Å². The highest BCUT2D eigenvalue weighted by Crippen LogP contribution is 2.44. The monoisotopic (exact) mass is 494 g/mol. The van der Waals surface area contributed by atoms with Gasteiger partial charge in [-0.25, -0.2) is 9.59 Å². The van der Waals surface area contributed by atoms with Crippen LogP contribution in [0.1, 0.15) is 34.0 Å². The Morgan fingerprint density at radius 2 is 1.74 bits per heavy atom. The number of carboxylic acids is 1. The van der Waals surface area contributed by atoms with E-state index in [-0.39, 0.29) is 23.9 Å². The van der Waals surface area contributed by atoms with Gasteiger partial charge in [0.25, 0.3) is 0 Å². The van der Waals surface area contributed by atoms with Gasteiger partial charge >= 0.3 is 12.1 Å². The fourth-order valence-corrected chi connectivity index (χ4v) is 4.76. The number of amides is 2. The van der Waals surface area contributed by atoms with Crippen molar-refractivity contribution >= 4 is 35.4 Å². The van der Waals surface area contributed by atoms with Gasteiger partial charge < -0.3 is 20.5 Å². The molecule has 2 aromatic carbocycles. The van der Waals surface area contributed by atoms with Crippen LogP contribution < -0.4 is 10.6 Å². The zero-order valence-electron chi connectivity index (χ0n) is 19.4. The van der Waals surface area contributed by atoms with Gasteiger partial charge in [-0.1, -0.05) is 48.5 Å². The minimum Gasteiger partial charge on any atom is -0.476 e. The Hall–Kier alpha value is -3.79. The smallest absolute Gasteiger partial charge is 0.407 e. The molecule has 0 unspecified atom stereocenters. The van der Waals surface area contributed by atoms with Crippen LogP contribution in [0.25, 0.3) is 11.1 Å². The summed E-state index contributed by atoms with van der Waals surface area (Å²) in [5, 5.41) is 18.5. The van der Waals surface area contributed by atoms with Gasteiger partial charge in [0.05, 0.1) is 11.9 Å². The van der Waals surface area contributed by atoms with E-state index in [9.17, 15) is 19.5 Å². The molecule has 2 amide bonds. The van der Waals surface area contributed by atoms with Crippen molar-refractivity contribution in [2.75, 3.05) is 23.9 Å². The van der Waals surface area contributed by atoms with E-state index < -0.39 is 24.0 Å². The average molecular weight is 495 g/mol. The van der Waals surface area contributed by atoms with E-state index in [2.05, 4.69) is 27.9 Å². The molecule has 1 atom stereocenters. The summed E-state index contributed by atoms with van der Waals surface area (Å²) in [4.78, 5) is 37.1. The van der Waals surface area contributed by atoms with E-state index in [0.717, 1.165) is 26.9 Å². The second-order valence-corrected chi connectivity index (χ2v) is 9.11. The lowest BCUT2D eigenvalue weighted by molar-refractivity contribution is -0.118. The summed E-state index contributed by atoms with van der Waals surface area (Å²) in [6, 6.07) is 15.2. The number of alkyl carbamates (subject to hydrolysis) is 1. The third-order valence-electron chi connectivity index (χ3n) is 5.96. The average Bonchev–Trinajstić information content (AvgIpc) is 3.37. The van der Waals surface area contributed by atoms with Crippen LogP contribution in [0.4, 0.5) is 10.5 Å². The first-order valence-corrected chi connectivity index (χ1v) is 12.5. The van der Waals surface area contributed by atoms with Gasteiger partial charge in [-0.3, -0.25) is 9.48 Å². The van der Waals surface area contributed by atoms with E-state index in [1.165, 1.54) is 25.0 Å². The Morgan fingerprint density at radius 1 is 1.11 bits per heavy atom. The number of nitrogens with one attached hydrogen (secondary N) is 2. The second-order valence-electron chi connectivity index (χ2n) is 8.13. The van der Waals surface area contributed by atoms with Crippen LogP contribution in [0.2, 0.25) is 0 Å². The lowest BCUT2D eigenvalue weighted by Crippen LogP contribution is -2.44. The Bertz CT molecular complexity index is 1210. The Balaban J connectivity index is 1.43. The second kappa shape index (κ2) is 10.6. The van der Waals surface area contributed by atoms with Crippen molar-refractivity contribution in [2.24, 2.45) is 7.05 Å². The summed E-state index contributed by atoms with van der Waals surface area (Å²) in [7, 11) is 1.47. The quantitative estimate of drug-likeness (QED) is 0.414. The molecular weight excluding hydrogens is 468 g/mol. The van der Waals surface area contributed by atoms with Gasteiger partial charge in [0.2, 0.25) is 5.91 Å². The highest BCUT2D eigenvalue weighted by atomic mass is 32.2. The number of benzene rings is 2. The number of aromatic nitrogens is 2. The van der Waals surface area contributed by atoms with E-state index in [1.807, 2.05) is 42.7 Å². The molecule has 0 bridgehead atoms. The van der Waals surface area contributed by atoms with Crippen molar-refractivity contribution in [1.29, 1.82) is 0 Å². The van der Waals surface area contributed by atoms with Gasteiger partial charge in [-0.15, -0.1) is 0 Å². The Morgan fingerprint density at radius 3 is 2.34 bits per heavy atom. The normalized spacial score (nSPS) is 13.0. The molecule has 4 rings (SSSR count). The fourth-order valence-electron chi connectivity index (χ4n) is 4.29. The third-order valence-corrected chi connectivity index (χ3v) is 6.61. The standard InChI is InChI=1S/C25H26N4O5S/c1-29-22(24(31)32)21(13-26-29)27-23(30)20(11-12-35-2)28-25(33)34-14-19-17-9-5-3-7-15(17)16-8-4-6-10-18(16)19/h3-10,13,19-20H,11-12,14H2,1-2H3,(H,27,30)(H,28,33)(H,31,32)/t20-/m0/s1. The van der Waals surface area contributed by atoms with Crippen LogP contribution >= 0.6 is 11.8 Å². The number of carbonyl (C=O) groups excluding carboxylic acids is 2. The summed E-state index contributed by atoms with van der Waals surface area (Å²) >= 11 is 1.53. The fraction of sp³-hybridized carbons (Fsp3) is 0.280. The maximum Gasteiger partial charge on any atom is 0.407 e. The molecule has 35 heavy (non-hydrogen) atoms. The van der Waals surface area contributed by atoms with E-state index in [1.54, 1.807) is 0 Å². The molecule has 1 aromatic heterocycles. The molecule has 0 spiro atoms. The summed E-state index contributed by atoms with van der Waals surface area (Å²) < 4.78 is 6.73. The van der Waals surface area contributed by atoms with Crippen molar-refractivity contribution in [3.8, 4) is 11.1 Å².